The molecule has 1 N–H and O–H groups in total. The molecule has 3 aromatic rings. The number of nitrogens with zero attached hydrogens (tertiary/aromatic N) is 3. The van der Waals surface area contributed by atoms with Crippen LogP contribution in [0.4, 0.5) is 4.79 Å². The van der Waals surface area contributed by atoms with Crippen LogP contribution in [0.1, 0.15) is 48.9 Å². The quantitative estimate of drug-likeness (QED) is 0.177. The monoisotopic (exact) mass is 616 g/mol. The minimum absolute atomic E-state index is 0.187. The van der Waals surface area contributed by atoms with Crippen molar-refractivity contribution in [1.29, 1.82) is 0 Å². The third kappa shape index (κ3) is 10.2. The first-order chi connectivity index (χ1) is 20.7. The molecule has 13 heteroatoms. The van der Waals surface area contributed by atoms with Crippen molar-refractivity contribution in [2.75, 3.05) is 46.3 Å². The van der Waals surface area contributed by atoms with E-state index in [2.05, 4.69) is 10.4 Å². The van der Waals surface area contributed by atoms with E-state index in [1.807, 2.05) is 6.92 Å². The Bertz CT molecular complexity index is 1400. The topological polar surface area (TPSA) is 148 Å². The zero-order chi connectivity index (χ0) is 31.2. The van der Waals surface area contributed by atoms with Gasteiger partial charge in [-0.15, -0.1) is 0 Å². The van der Waals surface area contributed by atoms with Gasteiger partial charge in [-0.1, -0.05) is 62.2 Å². The van der Waals surface area contributed by atoms with Crippen molar-refractivity contribution in [1.82, 2.24) is 20.3 Å². The SMILES string of the molecule is CCCC[C@@H](C(=O)c1nc2ccccc2o1)N(NC(=O)N(CCOC)CCOC)C(=O)CCS(=O)(=O)Cc1ccccc1. The number of amides is 3. The van der Waals surface area contributed by atoms with Crippen LogP contribution in [0.2, 0.25) is 0 Å². The van der Waals surface area contributed by atoms with Crippen LogP contribution in [0.15, 0.2) is 59.0 Å². The highest BCUT2D eigenvalue weighted by Gasteiger charge is 2.35. The Hall–Kier alpha value is -3.81. The maximum absolute atomic E-state index is 13.8. The predicted molar refractivity (Wildman–Crippen MR) is 161 cm³/mol. The number of para-hydroxylation sites is 2. The van der Waals surface area contributed by atoms with Crippen molar-refractivity contribution in [2.24, 2.45) is 0 Å². The molecule has 0 bridgehead atoms. The zero-order valence-electron chi connectivity index (χ0n) is 24.9. The lowest BCUT2D eigenvalue weighted by atomic mass is 10.0. The third-order valence-electron chi connectivity index (χ3n) is 6.71. The molecule has 1 heterocycles. The summed E-state index contributed by atoms with van der Waals surface area (Å²) in [6.45, 7) is 2.77. The van der Waals surface area contributed by atoms with E-state index in [4.69, 9.17) is 13.9 Å². The molecule has 0 aliphatic rings. The van der Waals surface area contributed by atoms with Crippen LogP contribution in [0, 0.1) is 0 Å². The van der Waals surface area contributed by atoms with Gasteiger partial charge in [0.1, 0.15) is 11.6 Å². The number of hydrazine groups is 1. The molecule has 0 radical (unpaired) electrons. The summed E-state index contributed by atoms with van der Waals surface area (Å²) in [5.74, 6) is -2.25. The van der Waals surface area contributed by atoms with Gasteiger partial charge in [0.25, 0.3) is 5.89 Å². The van der Waals surface area contributed by atoms with Crippen molar-refractivity contribution in [3.8, 4) is 0 Å². The molecule has 43 heavy (non-hydrogen) atoms. The molecule has 234 valence electrons. The number of benzene rings is 2. The van der Waals surface area contributed by atoms with E-state index < -0.39 is 45.8 Å². The number of aromatic nitrogens is 1. The fourth-order valence-electron chi connectivity index (χ4n) is 4.36. The summed E-state index contributed by atoms with van der Waals surface area (Å²) in [6, 6.07) is 13.7. The highest BCUT2D eigenvalue weighted by Crippen LogP contribution is 2.20. The molecular weight excluding hydrogens is 576 g/mol. The molecule has 0 unspecified atom stereocenters. The summed E-state index contributed by atoms with van der Waals surface area (Å²) in [5.41, 5.74) is 4.06. The van der Waals surface area contributed by atoms with E-state index in [1.165, 1.54) is 19.1 Å². The fraction of sp³-hybridized carbons (Fsp3) is 0.467. The maximum Gasteiger partial charge on any atom is 0.336 e. The first-order valence-electron chi connectivity index (χ1n) is 14.2. The molecule has 2 aromatic carbocycles. The number of sulfone groups is 1. The van der Waals surface area contributed by atoms with Gasteiger partial charge in [0.05, 0.1) is 24.7 Å². The van der Waals surface area contributed by atoms with E-state index >= 15 is 0 Å². The van der Waals surface area contributed by atoms with E-state index in [0.29, 0.717) is 29.5 Å². The Morgan fingerprint density at radius 3 is 2.26 bits per heavy atom. The van der Waals surface area contributed by atoms with Gasteiger partial charge in [0.15, 0.2) is 15.4 Å². The molecule has 3 amide bonds. The Balaban J connectivity index is 1.91. The van der Waals surface area contributed by atoms with Gasteiger partial charge >= 0.3 is 6.03 Å². The molecule has 3 rings (SSSR count). The van der Waals surface area contributed by atoms with Gasteiger partial charge in [-0.25, -0.2) is 28.6 Å². The Morgan fingerprint density at radius 1 is 0.977 bits per heavy atom. The van der Waals surface area contributed by atoms with Crippen LogP contribution >= 0.6 is 0 Å². The molecule has 0 aliphatic carbocycles. The van der Waals surface area contributed by atoms with E-state index in [0.717, 1.165) is 5.01 Å². The Morgan fingerprint density at radius 2 is 1.63 bits per heavy atom. The number of carbonyl (C=O) groups excluding carboxylic acids is 3. The van der Waals surface area contributed by atoms with Crippen LogP contribution in [-0.4, -0.2) is 93.3 Å². The number of unbranched alkanes of at least 4 members (excludes halogenated alkanes) is 1. The normalized spacial score (nSPS) is 12.2. The Kier molecular flexibility index (Phi) is 13.1. The van der Waals surface area contributed by atoms with E-state index in [-0.39, 0.29) is 44.4 Å². The standard InChI is InChI=1S/C30H40N4O8S/c1-4-5-14-25(28(36)29-31-24-13-9-10-15-26(24)42-29)34(32-30(37)33(17-19-40-2)18-20-41-3)27(35)16-21-43(38,39)22-23-11-7-6-8-12-23/h6-13,15,25H,4-5,14,16-22H2,1-3H3,(H,32,37)/t25-/m0/s1. The van der Waals surface area contributed by atoms with E-state index in [9.17, 15) is 22.8 Å². The first kappa shape index (κ1) is 33.7. The molecule has 0 saturated heterocycles. The molecule has 1 aromatic heterocycles. The Labute approximate surface area is 252 Å². The highest BCUT2D eigenvalue weighted by atomic mass is 32.2. The smallest absolute Gasteiger partial charge is 0.336 e. The molecule has 0 saturated carbocycles. The van der Waals surface area contributed by atoms with Crippen molar-refractivity contribution in [3.05, 3.63) is 66.1 Å². The lowest BCUT2D eigenvalue weighted by molar-refractivity contribution is -0.135. The van der Waals surface area contributed by atoms with Gasteiger partial charge in [0.2, 0.25) is 11.7 Å². The number of fused-ring (bicyclic) bond motifs is 1. The molecule has 12 nitrogen and oxygen atoms in total. The van der Waals surface area contributed by atoms with Crippen molar-refractivity contribution in [2.45, 2.75) is 44.4 Å². The van der Waals surface area contributed by atoms with Crippen molar-refractivity contribution < 1.29 is 36.7 Å². The number of urea groups is 1. The summed E-state index contributed by atoms with van der Waals surface area (Å²) in [4.78, 5) is 46.7. The van der Waals surface area contributed by atoms with Crippen LogP contribution in [-0.2, 0) is 29.9 Å². The number of carbonyl (C=O) groups is 3. The number of ketones is 1. The second-order valence-corrected chi connectivity index (χ2v) is 12.2. The first-order valence-corrected chi connectivity index (χ1v) is 16.0. The second-order valence-electron chi connectivity index (χ2n) is 9.99. The van der Waals surface area contributed by atoms with Crippen LogP contribution in [0.25, 0.3) is 11.1 Å². The largest absolute Gasteiger partial charge is 0.434 e. The number of hydrogen-bond donors (Lipinski definition) is 1. The zero-order valence-corrected chi connectivity index (χ0v) is 25.7. The van der Waals surface area contributed by atoms with Crippen LogP contribution in [0.5, 0.6) is 0 Å². The summed E-state index contributed by atoms with van der Waals surface area (Å²) in [6.07, 6.45) is 0.980. The third-order valence-corrected chi connectivity index (χ3v) is 8.31. The lowest BCUT2D eigenvalue weighted by Gasteiger charge is -2.33. The van der Waals surface area contributed by atoms with Gasteiger partial charge in [-0.05, 0) is 24.1 Å². The van der Waals surface area contributed by atoms with Crippen LogP contribution in [0.3, 0.4) is 0 Å². The van der Waals surface area contributed by atoms with Crippen molar-refractivity contribution in [3.63, 3.8) is 0 Å². The summed E-state index contributed by atoms with van der Waals surface area (Å²) in [5, 5.41) is 0.944. The number of ether oxygens (including phenoxy) is 2. The summed E-state index contributed by atoms with van der Waals surface area (Å²) < 4.78 is 41.8. The number of oxazole rings is 1. The maximum atomic E-state index is 13.8. The number of nitrogens with one attached hydrogen (secondary N) is 1. The van der Waals surface area contributed by atoms with Gasteiger partial charge in [-0.3, -0.25) is 9.59 Å². The number of Topliss-reactive ketones (excluding diaryl/α,β-unsaturated/α-hetero) is 1. The predicted octanol–water partition coefficient (Wildman–Crippen LogP) is 3.62. The van der Waals surface area contributed by atoms with Gasteiger partial charge in [0, 0.05) is 33.7 Å². The molecule has 0 fully saturated rings. The highest BCUT2D eigenvalue weighted by molar-refractivity contribution is 7.90. The molecule has 1 atom stereocenters. The fourth-order valence-corrected chi connectivity index (χ4v) is 5.69. The minimum Gasteiger partial charge on any atom is -0.434 e. The van der Waals surface area contributed by atoms with Gasteiger partial charge < -0.3 is 18.8 Å². The molecular formula is C30H40N4O8S. The number of hydrogen-bond acceptors (Lipinski definition) is 9. The number of methoxy groups -OCH3 is 2. The minimum atomic E-state index is -3.68. The van der Waals surface area contributed by atoms with Crippen molar-refractivity contribution >= 4 is 38.7 Å². The van der Waals surface area contributed by atoms with Gasteiger partial charge in [-0.2, -0.15) is 0 Å². The lowest BCUT2D eigenvalue weighted by Crippen LogP contribution is -2.58. The second kappa shape index (κ2) is 16.7. The average molecular weight is 617 g/mol. The molecule has 0 spiro atoms. The number of rotatable bonds is 17. The van der Waals surface area contributed by atoms with E-state index in [1.54, 1.807) is 54.6 Å². The summed E-state index contributed by atoms with van der Waals surface area (Å²) >= 11 is 0. The van der Waals surface area contributed by atoms with Crippen LogP contribution < -0.4 is 5.43 Å². The summed E-state index contributed by atoms with van der Waals surface area (Å²) in [7, 11) is -0.688. The average Bonchev–Trinajstić information content (AvgIpc) is 3.44. The molecule has 0 aliphatic heterocycles.